The maximum atomic E-state index is 11.8. The number of carbonyl (C=O) groups is 1. The van der Waals surface area contributed by atoms with Gasteiger partial charge in [-0.2, -0.15) is 0 Å². The number of para-hydroxylation sites is 1. The number of benzene rings is 1. The lowest BCUT2D eigenvalue weighted by Crippen LogP contribution is -2.31. The fraction of sp³-hybridized carbons (Fsp3) is 0.100. The summed E-state index contributed by atoms with van der Waals surface area (Å²) in [5, 5.41) is 0.484. The van der Waals surface area contributed by atoms with Crippen LogP contribution >= 0.6 is 0 Å². The van der Waals surface area contributed by atoms with Crippen molar-refractivity contribution in [1.82, 2.24) is 9.66 Å². The summed E-state index contributed by atoms with van der Waals surface area (Å²) >= 11 is 0. The number of nitrogens with one attached hydrogen (secondary N) is 1. The zero-order valence-electron chi connectivity index (χ0n) is 8.10. The van der Waals surface area contributed by atoms with Crippen LogP contribution in [0.4, 0.5) is 0 Å². The summed E-state index contributed by atoms with van der Waals surface area (Å²) < 4.78 is 1.12. The molecule has 0 unspecified atom stereocenters. The highest BCUT2D eigenvalue weighted by atomic mass is 16.2. The molecular weight excluding hydrogens is 194 g/mol. The zero-order chi connectivity index (χ0) is 10.8. The van der Waals surface area contributed by atoms with Crippen LogP contribution in [-0.2, 0) is 4.79 Å². The van der Waals surface area contributed by atoms with Gasteiger partial charge in [0.2, 0.25) is 6.41 Å². The predicted molar refractivity (Wildman–Crippen MR) is 56.2 cm³/mol. The Balaban J connectivity index is 2.84. The molecule has 0 aliphatic carbocycles. The minimum absolute atomic E-state index is 0.273. The first-order valence-corrected chi connectivity index (χ1v) is 4.42. The van der Waals surface area contributed by atoms with E-state index in [1.165, 1.54) is 0 Å². The number of hydrogen-bond acceptors (Lipinski definition) is 3. The van der Waals surface area contributed by atoms with Gasteiger partial charge < -0.3 is 0 Å². The molecule has 1 N–H and O–H groups in total. The monoisotopic (exact) mass is 203 g/mol. The Morgan fingerprint density at radius 3 is 2.87 bits per heavy atom. The number of hydrogen-bond donors (Lipinski definition) is 1. The van der Waals surface area contributed by atoms with Crippen LogP contribution in [0.15, 0.2) is 29.1 Å². The third-order valence-corrected chi connectivity index (χ3v) is 2.13. The van der Waals surface area contributed by atoms with Crippen LogP contribution in [0.2, 0.25) is 0 Å². The fourth-order valence-electron chi connectivity index (χ4n) is 1.45. The van der Waals surface area contributed by atoms with Gasteiger partial charge in [-0.05, 0) is 19.1 Å². The number of rotatable bonds is 2. The molecule has 0 saturated carbocycles. The molecule has 1 heterocycles. The van der Waals surface area contributed by atoms with E-state index in [9.17, 15) is 9.59 Å². The molecule has 15 heavy (non-hydrogen) atoms. The highest BCUT2D eigenvalue weighted by Crippen LogP contribution is 2.05. The second-order valence-corrected chi connectivity index (χ2v) is 3.06. The molecule has 0 spiro atoms. The molecule has 76 valence electrons. The van der Waals surface area contributed by atoms with Crippen molar-refractivity contribution in [2.75, 3.05) is 5.43 Å². The minimum atomic E-state index is -0.273. The van der Waals surface area contributed by atoms with E-state index in [0.29, 0.717) is 23.1 Å². The number of aromatic nitrogens is 2. The van der Waals surface area contributed by atoms with E-state index in [1.54, 1.807) is 25.1 Å². The summed E-state index contributed by atoms with van der Waals surface area (Å²) in [5.41, 5.74) is 2.65. The van der Waals surface area contributed by atoms with Gasteiger partial charge in [0.05, 0.1) is 10.9 Å². The number of fused-ring (bicyclic) bond motifs is 1. The fourth-order valence-corrected chi connectivity index (χ4v) is 1.45. The van der Waals surface area contributed by atoms with Crippen molar-refractivity contribution in [2.45, 2.75) is 6.92 Å². The predicted octanol–water partition coefficient (Wildman–Crippen LogP) is 0.405. The Morgan fingerprint density at radius 2 is 2.13 bits per heavy atom. The maximum Gasteiger partial charge on any atom is 0.280 e. The number of amides is 1. The van der Waals surface area contributed by atoms with Gasteiger partial charge in [-0.1, -0.05) is 12.1 Å². The van der Waals surface area contributed by atoms with E-state index in [4.69, 9.17) is 0 Å². The molecule has 1 aromatic carbocycles. The molecule has 0 radical (unpaired) electrons. The highest BCUT2D eigenvalue weighted by molar-refractivity contribution is 5.77. The van der Waals surface area contributed by atoms with Crippen molar-refractivity contribution in [1.29, 1.82) is 0 Å². The molecule has 0 saturated heterocycles. The SMILES string of the molecule is Cc1nc2ccccc2c(=O)n1NC=O. The Hall–Kier alpha value is -2.17. The van der Waals surface area contributed by atoms with E-state index in [-0.39, 0.29) is 5.56 Å². The summed E-state index contributed by atoms with van der Waals surface area (Å²) in [6.45, 7) is 1.66. The summed E-state index contributed by atoms with van der Waals surface area (Å²) in [7, 11) is 0. The van der Waals surface area contributed by atoms with Gasteiger partial charge in [0, 0.05) is 0 Å². The number of nitrogens with zero attached hydrogens (tertiary/aromatic N) is 2. The molecule has 0 atom stereocenters. The minimum Gasteiger partial charge on any atom is -0.277 e. The Kier molecular flexibility index (Phi) is 2.21. The van der Waals surface area contributed by atoms with Gasteiger partial charge in [0.15, 0.2) is 0 Å². The molecule has 1 aromatic heterocycles. The summed E-state index contributed by atoms with van der Waals surface area (Å²) in [5.74, 6) is 0.450. The zero-order valence-corrected chi connectivity index (χ0v) is 8.10. The van der Waals surface area contributed by atoms with Crippen molar-refractivity contribution < 1.29 is 4.79 Å². The van der Waals surface area contributed by atoms with Gasteiger partial charge in [-0.25, -0.2) is 9.66 Å². The van der Waals surface area contributed by atoms with Crippen LogP contribution in [0.1, 0.15) is 5.82 Å². The van der Waals surface area contributed by atoms with Crippen molar-refractivity contribution in [3.63, 3.8) is 0 Å². The molecule has 2 rings (SSSR count). The van der Waals surface area contributed by atoms with Crippen molar-refractivity contribution >= 4 is 17.3 Å². The number of carbonyl (C=O) groups excluding carboxylic acids is 1. The molecule has 5 nitrogen and oxygen atoms in total. The van der Waals surface area contributed by atoms with Crippen molar-refractivity contribution in [3.05, 3.63) is 40.4 Å². The Labute approximate surface area is 85.3 Å². The first-order chi connectivity index (χ1) is 7.24. The van der Waals surface area contributed by atoms with Gasteiger partial charge in [-0.15, -0.1) is 0 Å². The molecule has 0 bridgehead atoms. The van der Waals surface area contributed by atoms with Crippen LogP contribution in [0, 0.1) is 6.92 Å². The summed E-state index contributed by atoms with van der Waals surface area (Å²) in [6, 6.07) is 7.00. The highest BCUT2D eigenvalue weighted by Gasteiger charge is 2.05. The first kappa shape index (κ1) is 9.39. The van der Waals surface area contributed by atoms with Crippen LogP contribution in [0.25, 0.3) is 10.9 Å². The molecule has 2 aromatic rings. The molecule has 1 amide bonds. The second kappa shape index (κ2) is 3.53. The topological polar surface area (TPSA) is 64.0 Å². The molecule has 0 fully saturated rings. The maximum absolute atomic E-state index is 11.8. The van der Waals surface area contributed by atoms with E-state index >= 15 is 0 Å². The lowest BCUT2D eigenvalue weighted by molar-refractivity contribution is -0.106. The second-order valence-electron chi connectivity index (χ2n) is 3.06. The van der Waals surface area contributed by atoms with Gasteiger partial charge in [-0.3, -0.25) is 15.0 Å². The average Bonchev–Trinajstić information content (AvgIpc) is 2.24. The van der Waals surface area contributed by atoms with Crippen LogP contribution in [-0.4, -0.2) is 16.1 Å². The first-order valence-electron chi connectivity index (χ1n) is 4.42. The lowest BCUT2D eigenvalue weighted by Gasteiger charge is -2.07. The van der Waals surface area contributed by atoms with E-state index in [0.717, 1.165) is 4.68 Å². The molecule has 0 aliphatic heterocycles. The Bertz CT molecular complexity index is 574. The van der Waals surface area contributed by atoms with Gasteiger partial charge in [0.25, 0.3) is 5.56 Å². The lowest BCUT2D eigenvalue weighted by atomic mass is 10.2. The Morgan fingerprint density at radius 1 is 1.40 bits per heavy atom. The van der Waals surface area contributed by atoms with Crippen molar-refractivity contribution in [3.8, 4) is 0 Å². The van der Waals surface area contributed by atoms with E-state index < -0.39 is 0 Å². The molecular formula is C10H9N3O2. The normalized spacial score (nSPS) is 10.2. The third kappa shape index (κ3) is 1.48. The summed E-state index contributed by atoms with van der Waals surface area (Å²) in [6.07, 6.45) is 0.449. The number of aryl methyl sites for hydroxylation is 1. The van der Waals surface area contributed by atoms with Gasteiger partial charge >= 0.3 is 0 Å². The van der Waals surface area contributed by atoms with E-state index in [1.807, 2.05) is 6.07 Å². The molecule has 5 heteroatoms. The van der Waals surface area contributed by atoms with E-state index in [2.05, 4.69) is 10.4 Å². The third-order valence-electron chi connectivity index (χ3n) is 2.13. The van der Waals surface area contributed by atoms with Crippen LogP contribution in [0.3, 0.4) is 0 Å². The van der Waals surface area contributed by atoms with Crippen LogP contribution < -0.4 is 11.0 Å². The largest absolute Gasteiger partial charge is 0.280 e. The molecule has 0 aliphatic rings. The van der Waals surface area contributed by atoms with Crippen molar-refractivity contribution in [2.24, 2.45) is 0 Å². The average molecular weight is 203 g/mol. The summed E-state index contributed by atoms with van der Waals surface area (Å²) in [4.78, 5) is 26.4. The standard InChI is InChI=1S/C10H9N3O2/c1-7-12-9-5-3-2-4-8(9)10(15)13(7)11-6-14/h2-6H,1H3,(H,11,14). The van der Waals surface area contributed by atoms with Crippen LogP contribution in [0.5, 0.6) is 0 Å². The van der Waals surface area contributed by atoms with Gasteiger partial charge in [0.1, 0.15) is 5.82 Å². The quantitative estimate of drug-likeness (QED) is 0.719. The smallest absolute Gasteiger partial charge is 0.277 e.